The van der Waals surface area contributed by atoms with Crippen LogP contribution in [0, 0.1) is 0 Å². The number of nitrogens with one attached hydrogen (secondary N) is 1. The molecule has 0 aromatic carbocycles. The first kappa shape index (κ1) is 18.3. The molecule has 21 heavy (non-hydrogen) atoms. The standard InChI is InChI=1S/C13H21ClF3N3O/c1-3-5-18-11(8-21-9-13(15,16)17)12-10(14)7-19-20(12)6-4-2/h7,11,18H,3-6,8-9H2,1-2H3. The van der Waals surface area contributed by atoms with Gasteiger partial charge >= 0.3 is 6.18 Å². The summed E-state index contributed by atoms with van der Waals surface area (Å²) in [6, 6.07) is -0.408. The smallest absolute Gasteiger partial charge is 0.370 e. The largest absolute Gasteiger partial charge is 0.411 e. The van der Waals surface area contributed by atoms with Crippen molar-refractivity contribution in [2.75, 3.05) is 19.8 Å². The van der Waals surface area contributed by atoms with Gasteiger partial charge in [0.25, 0.3) is 0 Å². The summed E-state index contributed by atoms with van der Waals surface area (Å²) < 4.78 is 43.1. The highest BCUT2D eigenvalue weighted by Gasteiger charge is 2.29. The van der Waals surface area contributed by atoms with E-state index in [0.717, 1.165) is 12.8 Å². The van der Waals surface area contributed by atoms with Crippen LogP contribution in [0.2, 0.25) is 5.02 Å². The van der Waals surface area contributed by atoms with Gasteiger partial charge in [0.05, 0.1) is 29.6 Å². The highest BCUT2D eigenvalue weighted by molar-refractivity contribution is 6.31. The Morgan fingerprint density at radius 1 is 1.38 bits per heavy atom. The minimum absolute atomic E-state index is 0.103. The first-order valence-electron chi connectivity index (χ1n) is 6.98. The van der Waals surface area contributed by atoms with Crippen molar-refractivity contribution >= 4 is 11.6 Å². The van der Waals surface area contributed by atoms with Crippen LogP contribution < -0.4 is 5.32 Å². The lowest BCUT2D eigenvalue weighted by Gasteiger charge is -2.21. The van der Waals surface area contributed by atoms with Gasteiger partial charge in [-0.2, -0.15) is 18.3 Å². The molecule has 1 atom stereocenters. The molecule has 1 aromatic heterocycles. The third kappa shape index (κ3) is 6.23. The zero-order valence-corrected chi connectivity index (χ0v) is 13.0. The number of ether oxygens (including phenoxy) is 1. The normalized spacial score (nSPS) is 13.6. The van der Waals surface area contributed by atoms with E-state index in [9.17, 15) is 13.2 Å². The van der Waals surface area contributed by atoms with Crippen molar-refractivity contribution in [3.63, 3.8) is 0 Å². The Morgan fingerprint density at radius 3 is 2.67 bits per heavy atom. The molecule has 0 fully saturated rings. The summed E-state index contributed by atoms with van der Waals surface area (Å²) in [5.74, 6) is 0. The molecule has 0 aliphatic rings. The van der Waals surface area contributed by atoms with E-state index in [1.54, 1.807) is 4.68 Å². The van der Waals surface area contributed by atoms with Gasteiger partial charge in [0, 0.05) is 6.54 Å². The predicted molar refractivity (Wildman–Crippen MR) is 75.4 cm³/mol. The number of rotatable bonds is 9. The predicted octanol–water partition coefficient (Wildman–Crippen LogP) is 3.57. The fourth-order valence-corrected chi connectivity index (χ4v) is 2.23. The van der Waals surface area contributed by atoms with Gasteiger partial charge in [0.2, 0.25) is 0 Å². The van der Waals surface area contributed by atoms with Crippen molar-refractivity contribution in [3.8, 4) is 0 Å². The second kappa shape index (κ2) is 8.60. The summed E-state index contributed by atoms with van der Waals surface area (Å²) in [7, 11) is 0. The molecular formula is C13H21ClF3N3O. The van der Waals surface area contributed by atoms with E-state index in [0.29, 0.717) is 23.8 Å². The first-order valence-corrected chi connectivity index (χ1v) is 7.35. The first-order chi connectivity index (χ1) is 9.89. The SMILES string of the molecule is CCCNC(COCC(F)(F)F)c1c(Cl)cnn1CCC. The second-order valence-corrected chi connectivity index (χ2v) is 5.15. The van der Waals surface area contributed by atoms with E-state index in [-0.39, 0.29) is 6.61 Å². The van der Waals surface area contributed by atoms with Gasteiger partial charge in [-0.3, -0.25) is 4.68 Å². The van der Waals surface area contributed by atoms with E-state index in [1.165, 1.54) is 6.20 Å². The van der Waals surface area contributed by atoms with Crippen LogP contribution in [0.4, 0.5) is 13.2 Å². The zero-order valence-electron chi connectivity index (χ0n) is 12.2. The lowest BCUT2D eigenvalue weighted by Crippen LogP contribution is -2.30. The van der Waals surface area contributed by atoms with E-state index in [4.69, 9.17) is 16.3 Å². The van der Waals surface area contributed by atoms with Gasteiger partial charge in [-0.05, 0) is 19.4 Å². The molecular weight excluding hydrogens is 307 g/mol. The molecule has 4 nitrogen and oxygen atoms in total. The van der Waals surface area contributed by atoms with E-state index in [1.807, 2.05) is 13.8 Å². The summed E-state index contributed by atoms with van der Waals surface area (Å²) in [5, 5.41) is 7.76. The van der Waals surface area contributed by atoms with Gasteiger partial charge in [-0.25, -0.2) is 0 Å². The number of nitrogens with zero attached hydrogens (tertiary/aromatic N) is 2. The molecule has 0 saturated heterocycles. The van der Waals surface area contributed by atoms with Crippen molar-refractivity contribution in [2.24, 2.45) is 0 Å². The molecule has 1 rings (SSSR count). The molecule has 0 amide bonds. The van der Waals surface area contributed by atoms with Crippen LogP contribution in [0.5, 0.6) is 0 Å². The van der Waals surface area contributed by atoms with Crippen molar-refractivity contribution in [3.05, 3.63) is 16.9 Å². The summed E-state index contributed by atoms with van der Waals surface area (Å²) in [6.07, 6.45) is -1.11. The van der Waals surface area contributed by atoms with Gasteiger partial charge in [0.1, 0.15) is 6.61 Å². The molecule has 1 aromatic rings. The van der Waals surface area contributed by atoms with Crippen LogP contribution in [-0.2, 0) is 11.3 Å². The fraction of sp³-hybridized carbons (Fsp3) is 0.769. The maximum atomic E-state index is 12.2. The van der Waals surface area contributed by atoms with E-state index >= 15 is 0 Å². The van der Waals surface area contributed by atoms with Crippen LogP contribution in [-0.4, -0.2) is 35.7 Å². The number of hydrogen-bond donors (Lipinski definition) is 1. The summed E-state index contributed by atoms with van der Waals surface area (Å²) in [4.78, 5) is 0. The maximum absolute atomic E-state index is 12.2. The molecule has 0 aliphatic carbocycles. The van der Waals surface area contributed by atoms with Gasteiger partial charge < -0.3 is 10.1 Å². The number of aryl methyl sites for hydroxylation is 1. The highest BCUT2D eigenvalue weighted by Crippen LogP contribution is 2.24. The molecule has 1 unspecified atom stereocenters. The molecule has 0 bridgehead atoms. The van der Waals surface area contributed by atoms with Gasteiger partial charge in [-0.15, -0.1) is 0 Å². The molecule has 0 aliphatic heterocycles. The fourth-order valence-electron chi connectivity index (χ4n) is 1.95. The zero-order chi connectivity index (χ0) is 15.9. The summed E-state index contributed by atoms with van der Waals surface area (Å²) in [5.41, 5.74) is 0.675. The molecule has 122 valence electrons. The van der Waals surface area contributed by atoms with Crippen molar-refractivity contribution < 1.29 is 17.9 Å². The molecule has 0 saturated carbocycles. The second-order valence-electron chi connectivity index (χ2n) is 4.74. The Morgan fingerprint density at radius 2 is 2.10 bits per heavy atom. The van der Waals surface area contributed by atoms with Gasteiger partial charge in [0.15, 0.2) is 0 Å². The lowest BCUT2D eigenvalue weighted by molar-refractivity contribution is -0.175. The number of halogens is 4. The van der Waals surface area contributed by atoms with Crippen molar-refractivity contribution in [2.45, 2.75) is 45.5 Å². The van der Waals surface area contributed by atoms with Crippen LogP contribution in [0.1, 0.15) is 38.4 Å². The average molecular weight is 328 g/mol. The quantitative estimate of drug-likeness (QED) is 0.753. The topological polar surface area (TPSA) is 39.1 Å². The maximum Gasteiger partial charge on any atom is 0.411 e. The summed E-state index contributed by atoms with van der Waals surface area (Å²) >= 11 is 6.12. The Balaban J connectivity index is 2.78. The molecule has 0 radical (unpaired) electrons. The number of hydrogen-bond acceptors (Lipinski definition) is 3. The Kier molecular flexibility index (Phi) is 7.48. The Labute approximate surface area is 127 Å². The van der Waals surface area contributed by atoms with Crippen LogP contribution in [0.25, 0.3) is 0 Å². The van der Waals surface area contributed by atoms with Crippen LogP contribution >= 0.6 is 11.6 Å². The minimum atomic E-state index is -4.33. The van der Waals surface area contributed by atoms with Gasteiger partial charge in [-0.1, -0.05) is 25.4 Å². The molecule has 1 N–H and O–H groups in total. The Bertz CT molecular complexity index is 423. The van der Waals surface area contributed by atoms with Crippen molar-refractivity contribution in [1.29, 1.82) is 0 Å². The highest BCUT2D eigenvalue weighted by atomic mass is 35.5. The van der Waals surface area contributed by atoms with E-state index in [2.05, 4.69) is 10.4 Å². The number of alkyl halides is 3. The minimum Gasteiger partial charge on any atom is -0.370 e. The molecule has 0 spiro atoms. The summed E-state index contributed by atoms with van der Waals surface area (Å²) in [6.45, 7) is 3.92. The molecule has 8 heteroatoms. The van der Waals surface area contributed by atoms with Crippen LogP contribution in [0.15, 0.2) is 6.20 Å². The third-order valence-electron chi connectivity index (χ3n) is 2.79. The van der Waals surface area contributed by atoms with E-state index < -0.39 is 18.8 Å². The lowest BCUT2D eigenvalue weighted by atomic mass is 10.2. The molecule has 1 heterocycles. The third-order valence-corrected chi connectivity index (χ3v) is 3.08. The van der Waals surface area contributed by atoms with Crippen molar-refractivity contribution in [1.82, 2.24) is 15.1 Å². The van der Waals surface area contributed by atoms with Crippen LogP contribution in [0.3, 0.4) is 0 Å². The number of aromatic nitrogens is 2. The average Bonchev–Trinajstić information content (AvgIpc) is 2.74. The monoisotopic (exact) mass is 327 g/mol. The Hall–Kier alpha value is -0.790.